The summed E-state index contributed by atoms with van der Waals surface area (Å²) in [6.45, 7) is 2.71. The zero-order chi connectivity index (χ0) is 21.6. The fraction of sp³-hybridized carbons (Fsp3) is 0.182. The maximum absolute atomic E-state index is 10.9. The van der Waals surface area contributed by atoms with Crippen molar-refractivity contribution in [2.75, 3.05) is 17.3 Å². The molecule has 9 nitrogen and oxygen atoms in total. The lowest BCUT2D eigenvalue weighted by Gasteiger charge is -2.12. The standard InChI is InChI=1S/C22H23N7O2/c1-15(30)31-10-9-29-14-18(13-26-29)20-6-7-21(28-23)22(27-20)25-12-16-4-5-19-17(11-16)3-2-8-24-19/h2-8,11,13-14,28H,9-10,12,23H2,1H3,(H,25,27). The topological polar surface area (TPSA) is 120 Å². The van der Waals surface area contributed by atoms with E-state index in [4.69, 9.17) is 15.6 Å². The average molecular weight is 417 g/mol. The lowest BCUT2D eigenvalue weighted by Crippen LogP contribution is -2.12. The van der Waals surface area contributed by atoms with Crippen LogP contribution >= 0.6 is 0 Å². The molecule has 0 saturated carbocycles. The Morgan fingerprint density at radius 1 is 1.23 bits per heavy atom. The fourth-order valence-corrected chi connectivity index (χ4v) is 3.19. The Morgan fingerprint density at radius 2 is 2.13 bits per heavy atom. The van der Waals surface area contributed by atoms with Crippen molar-refractivity contribution in [1.82, 2.24) is 19.7 Å². The monoisotopic (exact) mass is 417 g/mol. The number of fused-ring (bicyclic) bond motifs is 1. The summed E-state index contributed by atoms with van der Waals surface area (Å²) in [5.74, 6) is 6.00. The second-order valence-corrected chi connectivity index (χ2v) is 6.95. The number of nitrogens with two attached hydrogens (primary N) is 1. The summed E-state index contributed by atoms with van der Waals surface area (Å²) in [5.41, 5.74) is 7.04. The predicted octanol–water partition coefficient (Wildman–Crippen LogP) is 2.95. The fourth-order valence-electron chi connectivity index (χ4n) is 3.19. The Kier molecular flexibility index (Phi) is 6.04. The van der Waals surface area contributed by atoms with Gasteiger partial charge in [0.15, 0.2) is 5.82 Å². The van der Waals surface area contributed by atoms with Gasteiger partial charge in [-0.25, -0.2) is 4.98 Å². The average Bonchev–Trinajstić information content (AvgIpc) is 3.26. The molecule has 0 aliphatic heterocycles. The summed E-state index contributed by atoms with van der Waals surface area (Å²) in [6.07, 6.45) is 5.38. The van der Waals surface area contributed by atoms with Crippen LogP contribution in [-0.4, -0.2) is 32.3 Å². The number of hydrogen-bond donors (Lipinski definition) is 3. The quantitative estimate of drug-likeness (QED) is 0.227. The van der Waals surface area contributed by atoms with Crippen molar-refractivity contribution < 1.29 is 9.53 Å². The molecule has 0 amide bonds. The minimum Gasteiger partial charge on any atom is -0.464 e. The first kappa shape index (κ1) is 20.3. The second-order valence-electron chi connectivity index (χ2n) is 6.95. The van der Waals surface area contributed by atoms with Gasteiger partial charge in [0, 0.05) is 36.8 Å². The van der Waals surface area contributed by atoms with Gasteiger partial charge >= 0.3 is 5.97 Å². The molecule has 1 aromatic carbocycles. The van der Waals surface area contributed by atoms with E-state index in [-0.39, 0.29) is 12.6 Å². The molecule has 0 fully saturated rings. The molecule has 0 atom stereocenters. The minimum absolute atomic E-state index is 0.272. The number of nitrogens with one attached hydrogen (secondary N) is 2. The van der Waals surface area contributed by atoms with E-state index in [0.717, 1.165) is 27.7 Å². The van der Waals surface area contributed by atoms with Crippen LogP contribution in [0.5, 0.6) is 0 Å². The van der Waals surface area contributed by atoms with Gasteiger partial charge in [0.25, 0.3) is 0 Å². The molecule has 4 N–H and O–H groups in total. The molecule has 4 aromatic rings. The van der Waals surface area contributed by atoms with E-state index in [9.17, 15) is 4.79 Å². The maximum Gasteiger partial charge on any atom is 0.302 e. The second kappa shape index (κ2) is 9.23. The van der Waals surface area contributed by atoms with E-state index in [1.807, 2.05) is 42.6 Å². The van der Waals surface area contributed by atoms with E-state index >= 15 is 0 Å². The molecule has 0 aliphatic rings. The smallest absolute Gasteiger partial charge is 0.302 e. The van der Waals surface area contributed by atoms with Crippen molar-refractivity contribution in [3.8, 4) is 11.3 Å². The number of aromatic nitrogens is 4. The molecule has 9 heteroatoms. The number of nitrogen functional groups attached to an aromatic ring is 1. The molecule has 4 rings (SSSR count). The molecule has 0 unspecified atom stereocenters. The summed E-state index contributed by atoms with van der Waals surface area (Å²) < 4.78 is 6.67. The Morgan fingerprint density at radius 3 is 2.97 bits per heavy atom. The number of carbonyl (C=O) groups excluding carboxylic acids is 1. The molecule has 31 heavy (non-hydrogen) atoms. The molecular formula is C22H23N7O2. The molecule has 0 saturated heterocycles. The Hall–Kier alpha value is -3.98. The highest BCUT2D eigenvalue weighted by molar-refractivity contribution is 5.79. The molecular weight excluding hydrogens is 394 g/mol. The Labute approximate surface area is 179 Å². The van der Waals surface area contributed by atoms with Crippen molar-refractivity contribution >= 4 is 28.4 Å². The number of nitrogens with zero attached hydrogens (tertiary/aromatic N) is 4. The van der Waals surface area contributed by atoms with Crippen LogP contribution in [0.3, 0.4) is 0 Å². The van der Waals surface area contributed by atoms with Crippen LogP contribution in [-0.2, 0) is 22.6 Å². The number of hydrazine groups is 1. The summed E-state index contributed by atoms with van der Waals surface area (Å²) in [4.78, 5) is 20.0. The van der Waals surface area contributed by atoms with Crippen LogP contribution in [0.25, 0.3) is 22.2 Å². The number of pyridine rings is 2. The van der Waals surface area contributed by atoms with Gasteiger partial charge in [-0.05, 0) is 35.9 Å². The summed E-state index contributed by atoms with van der Waals surface area (Å²) in [6, 6.07) is 13.8. The lowest BCUT2D eigenvalue weighted by molar-refractivity contribution is -0.141. The van der Waals surface area contributed by atoms with Gasteiger partial charge in [0.05, 0.1) is 29.6 Å². The molecule has 0 spiro atoms. The highest BCUT2D eigenvalue weighted by atomic mass is 16.5. The van der Waals surface area contributed by atoms with Crippen LogP contribution in [0.2, 0.25) is 0 Å². The predicted molar refractivity (Wildman–Crippen MR) is 119 cm³/mol. The van der Waals surface area contributed by atoms with Gasteiger partial charge in [-0.3, -0.25) is 20.3 Å². The minimum atomic E-state index is -0.308. The first-order valence-electron chi connectivity index (χ1n) is 9.84. The highest BCUT2D eigenvalue weighted by Gasteiger charge is 2.09. The van der Waals surface area contributed by atoms with Crippen LogP contribution in [0.4, 0.5) is 11.5 Å². The summed E-state index contributed by atoms with van der Waals surface area (Å²) in [7, 11) is 0. The van der Waals surface area contributed by atoms with E-state index in [1.165, 1.54) is 6.92 Å². The molecule has 3 aromatic heterocycles. The number of rotatable bonds is 8. The Bertz CT molecular complexity index is 1210. The molecule has 0 aliphatic carbocycles. The van der Waals surface area contributed by atoms with Gasteiger partial charge in [-0.1, -0.05) is 12.1 Å². The zero-order valence-electron chi connectivity index (χ0n) is 17.1. The summed E-state index contributed by atoms with van der Waals surface area (Å²) >= 11 is 0. The first-order chi connectivity index (χ1) is 15.1. The number of ether oxygens (including phenoxy) is 1. The maximum atomic E-state index is 10.9. The largest absolute Gasteiger partial charge is 0.464 e. The first-order valence-corrected chi connectivity index (χ1v) is 9.84. The molecule has 0 radical (unpaired) electrons. The molecule has 158 valence electrons. The van der Waals surface area contributed by atoms with Gasteiger partial charge in [0.2, 0.25) is 0 Å². The van der Waals surface area contributed by atoms with Crippen molar-refractivity contribution in [3.63, 3.8) is 0 Å². The van der Waals surface area contributed by atoms with Crippen molar-refractivity contribution in [2.45, 2.75) is 20.0 Å². The van der Waals surface area contributed by atoms with E-state index in [1.54, 1.807) is 17.1 Å². The molecule has 3 heterocycles. The van der Waals surface area contributed by atoms with Crippen LogP contribution in [0.15, 0.2) is 61.1 Å². The van der Waals surface area contributed by atoms with E-state index in [2.05, 4.69) is 26.9 Å². The number of benzene rings is 1. The Balaban J connectivity index is 1.49. The van der Waals surface area contributed by atoms with Gasteiger partial charge < -0.3 is 15.5 Å². The highest BCUT2D eigenvalue weighted by Crippen LogP contribution is 2.25. The van der Waals surface area contributed by atoms with Gasteiger partial charge in [0.1, 0.15) is 6.61 Å². The third-order valence-corrected chi connectivity index (χ3v) is 4.73. The zero-order valence-corrected chi connectivity index (χ0v) is 17.1. The van der Waals surface area contributed by atoms with Crippen LogP contribution in [0.1, 0.15) is 12.5 Å². The van der Waals surface area contributed by atoms with Crippen LogP contribution < -0.4 is 16.6 Å². The van der Waals surface area contributed by atoms with E-state index < -0.39 is 0 Å². The number of esters is 1. The summed E-state index contributed by atoms with van der Waals surface area (Å²) in [5, 5.41) is 8.74. The number of carbonyl (C=O) groups is 1. The van der Waals surface area contributed by atoms with Gasteiger partial charge in [-0.15, -0.1) is 0 Å². The SMILES string of the molecule is CC(=O)OCCn1cc(-c2ccc(NN)c(NCc3ccc4ncccc4c3)n2)cn1. The third-order valence-electron chi connectivity index (χ3n) is 4.73. The lowest BCUT2D eigenvalue weighted by atomic mass is 10.1. The number of hydrogen-bond acceptors (Lipinski definition) is 8. The van der Waals surface area contributed by atoms with Gasteiger partial charge in [-0.2, -0.15) is 5.10 Å². The van der Waals surface area contributed by atoms with Crippen molar-refractivity contribution in [1.29, 1.82) is 0 Å². The van der Waals surface area contributed by atoms with Crippen molar-refractivity contribution in [2.24, 2.45) is 5.84 Å². The normalized spacial score (nSPS) is 10.8. The number of anilines is 2. The van der Waals surface area contributed by atoms with Crippen LogP contribution in [0, 0.1) is 0 Å². The van der Waals surface area contributed by atoms with E-state index in [0.29, 0.717) is 24.6 Å². The van der Waals surface area contributed by atoms with Crippen molar-refractivity contribution in [3.05, 3.63) is 66.6 Å². The molecule has 0 bridgehead atoms. The third kappa shape index (κ3) is 4.96.